The minimum absolute atomic E-state index is 0.308. The van der Waals surface area contributed by atoms with Gasteiger partial charge in [-0.2, -0.15) is 0 Å². The van der Waals surface area contributed by atoms with Crippen molar-refractivity contribution in [2.75, 3.05) is 0 Å². The van der Waals surface area contributed by atoms with Crippen molar-refractivity contribution in [3.8, 4) is 0 Å². The molecule has 0 fully saturated rings. The molecule has 0 aromatic heterocycles. The van der Waals surface area contributed by atoms with Crippen LogP contribution in [0.5, 0.6) is 0 Å². The molecule has 0 amide bonds. The summed E-state index contributed by atoms with van der Waals surface area (Å²) in [4.78, 5) is 11.7. The minimum atomic E-state index is -1.14. The summed E-state index contributed by atoms with van der Waals surface area (Å²) < 4.78 is 0. The molecule has 0 saturated carbocycles. The second kappa shape index (κ2) is 6.33. The smallest absolute Gasteiger partial charge is 0.192 e. The van der Waals surface area contributed by atoms with E-state index >= 15 is 0 Å². The van der Waals surface area contributed by atoms with E-state index in [4.69, 9.17) is 11.6 Å². The number of carbonyl (C=O) groups excluding carboxylic acids is 1. The molecule has 0 aliphatic rings. The van der Waals surface area contributed by atoms with Gasteiger partial charge in [-0.05, 0) is 17.7 Å². The van der Waals surface area contributed by atoms with Gasteiger partial charge in [-0.1, -0.05) is 70.0 Å². The molecule has 2 atom stereocenters. The molecular formula is C15H12BrClO2. The summed E-state index contributed by atoms with van der Waals surface area (Å²) in [5.74, 6) is -0.308. The Labute approximate surface area is 125 Å². The van der Waals surface area contributed by atoms with E-state index in [2.05, 4.69) is 15.9 Å². The van der Waals surface area contributed by atoms with Gasteiger partial charge in [0.1, 0.15) is 6.10 Å². The van der Waals surface area contributed by atoms with Crippen LogP contribution in [0.4, 0.5) is 0 Å². The number of rotatable bonds is 4. The van der Waals surface area contributed by atoms with Gasteiger partial charge in [-0.15, -0.1) is 0 Å². The molecule has 0 aliphatic heterocycles. The van der Waals surface area contributed by atoms with Gasteiger partial charge in [-0.25, -0.2) is 0 Å². The minimum Gasteiger partial charge on any atom is -0.383 e. The molecule has 0 spiro atoms. The number of Topliss-reactive ketones (excluding diaryl/α,β-unsaturated/α-hetero) is 1. The zero-order valence-electron chi connectivity index (χ0n) is 9.96. The molecule has 2 aromatic rings. The zero-order chi connectivity index (χ0) is 13.8. The summed E-state index contributed by atoms with van der Waals surface area (Å²) in [6, 6.07) is 15.8. The lowest BCUT2D eigenvalue weighted by Gasteiger charge is -2.16. The summed E-state index contributed by atoms with van der Waals surface area (Å²) in [5, 5.41) is 10.8. The van der Waals surface area contributed by atoms with Crippen LogP contribution in [0.2, 0.25) is 5.02 Å². The van der Waals surface area contributed by atoms with Crippen molar-refractivity contribution in [2.24, 2.45) is 0 Å². The van der Waals surface area contributed by atoms with Crippen molar-refractivity contribution >= 4 is 33.3 Å². The highest BCUT2D eigenvalue weighted by atomic mass is 79.9. The first-order valence-corrected chi connectivity index (χ1v) is 7.06. The third-order valence-electron chi connectivity index (χ3n) is 2.79. The first-order chi connectivity index (χ1) is 9.09. The molecule has 2 nitrogen and oxygen atoms in total. The average Bonchev–Trinajstić information content (AvgIpc) is 2.46. The van der Waals surface area contributed by atoms with Gasteiger partial charge in [0.25, 0.3) is 0 Å². The number of ketones is 1. The SMILES string of the molecule is O=C(c1ccccc1)[C@@H](O)[C@@H](Br)c1ccc(Cl)cc1. The number of benzene rings is 2. The molecule has 0 unspecified atom stereocenters. The Hall–Kier alpha value is -1.16. The van der Waals surface area contributed by atoms with E-state index in [0.717, 1.165) is 5.56 Å². The molecule has 0 heterocycles. The molecule has 0 bridgehead atoms. The van der Waals surface area contributed by atoms with E-state index in [0.29, 0.717) is 10.6 Å². The highest BCUT2D eigenvalue weighted by Gasteiger charge is 2.26. The largest absolute Gasteiger partial charge is 0.383 e. The van der Waals surface area contributed by atoms with Gasteiger partial charge in [0.15, 0.2) is 5.78 Å². The summed E-state index contributed by atoms with van der Waals surface area (Å²) in [5.41, 5.74) is 1.30. The quantitative estimate of drug-likeness (QED) is 0.675. The second-order valence-corrected chi connectivity index (χ2v) is 5.55. The fraction of sp³-hybridized carbons (Fsp3) is 0.133. The Morgan fingerprint density at radius 1 is 1.05 bits per heavy atom. The number of aliphatic hydroxyl groups excluding tert-OH is 1. The van der Waals surface area contributed by atoms with Crippen LogP contribution in [-0.2, 0) is 0 Å². The normalized spacial score (nSPS) is 13.8. The summed E-state index contributed by atoms with van der Waals surface area (Å²) in [6.45, 7) is 0. The molecular weight excluding hydrogens is 328 g/mol. The molecule has 2 aromatic carbocycles. The fourth-order valence-corrected chi connectivity index (χ4v) is 2.41. The average molecular weight is 340 g/mol. The maximum Gasteiger partial charge on any atom is 0.192 e. The third kappa shape index (κ3) is 3.44. The van der Waals surface area contributed by atoms with Gasteiger partial charge in [0.2, 0.25) is 0 Å². The van der Waals surface area contributed by atoms with Crippen LogP contribution < -0.4 is 0 Å². The van der Waals surface area contributed by atoms with Gasteiger partial charge >= 0.3 is 0 Å². The predicted octanol–water partition coefficient (Wildman–Crippen LogP) is 4.02. The van der Waals surface area contributed by atoms with E-state index < -0.39 is 10.9 Å². The Bertz CT molecular complexity index is 554. The number of aliphatic hydroxyl groups is 1. The predicted molar refractivity (Wildman–Crippen MR) is 79.9 cm³/mol. The molecule has 2 rings (SSSR count). The van der Waals surface area contributed by atoms with E-state index in [-0.39, 0.29) is 5.78 Å². The van der Waals surface area contributed by atoms with Gasteiger partial charge < -0.3 is 5.11 Å². The first kappa shape index (κ1) is 14.3. The zero-order valence-corrected chi connectivity index (χ0v) is 12.3. The molecule has 1 N–H and O–H groups in total. The Kier molecular flexibility index (Phi) is 4.75. The fourth-order valence-electron chi connectivity index (χ4n) is 1.74. The van der Waals surface area contributed by atoms with Gasteiger partial charge in [0, 0.05) is 10.6 Å². The van der Waals surface area contributed by atoms with Crippen molar-refractivity contribution in [1.82, 2.24) is 0 Å². The van der Waals surface area contributed by atoms with Crippen LogP contribution >= 0.6 is 27.5 Å². The Balaban J connectivity index is 2.17. The topological polar surface area (TPSA) is 37.3 Å². The summed E-state index contributed by atoms with van der Waals surface area (Å²) in [7, 11) is 0. The van der Waals surface area contributed by atoms with Crippen LogP contribution in [-0.4, -0.2) is 17.0 Å². The van der Waals surface area contributed by atoms with Crippen molar-refractivity contribution < 1.29 is 9.90 Å². The van der Waals surface area contributed by atoms with Crippen molar-refractivity contribution in [3.05, 3.63) is 70.7 Å². The standard InChI is InChI=1S/C15H12BrClO2/c16-13(10-6-8-12(17)9-7-10)15(19)14(18)11-4-2-1-3-5-11/h1-9,13,15,19H/t13-,15-/m0/s1. The first-order valence-electron chi connectivity index (χ1n) is 5.76. The second-order valence-electron chi connectivity index (χ2n) is 4.13. The Morgan fingerprint density at radius 2 is 1.63 bits per heavy atom. The summed E-state index contributed by atoms with van der Waals surface area (Å²) >= 11 is 9.17. The lowest BCUT2D eigenvalue weighted by molar-refractivity contribution is 0.0746. The monoisotopic (exact) mass is 338 g/mol. The molecule has 98 valence electrons. The van der Waals surface area contributed by atoms with Crippen LogP contribution in [0, 0.1) is 0 Å². The number of hydrogen-bond acceptors (Lipinski definition) is 2. The highest BCUT2D eigenvalue weighted by molar-refractivity contribution is 9.09. The van der Waals surface area contributed by atoms with Crippen LogP contribution in [0.15, 0.2) is 54.6 Å². The van der Waals surface area contributed by atoms with Crippen molar-refractivity contribution in [2.45, 2.75) is 10.9 Å². The maximum atomic E-state index is 12.1. The van der Waals surface area contributed by atoms with E-state index in [1.54, 1.807) is 48.5 Å². The maximum absolute atomic E-state index is 12.1. The summed E-state index contributed by atoms with van der Waals surface area (Å²) in [6.07, 6.45) is -1.14. The molecule has 0 aliphatic carbocycles. The van der Waals surface area contributed by atoms with Crippen LogP contribution in [0.3, 0.4) is 0 Å². The number of alkyl halides is 1. The van der Waals surface area contributed by atoms with E-state index in [1.807, 2.05) is 6.07 Å². The van der Waals surface area contributed by atoms with E-state index in [9.17, 15) is 9.90 Å². The van der Waals surface area contributed by atoms with Crippen LogP contribution in [0.1, 0.15) is 20.7 Å². The molecule has 19 heavy (non-hydrogen) atoms. The lowest BCUT2D eigenvalue weighted by atomic mass is 10.00. The number of carbonyl (C=O) groups is 1. The van der Waals surface area contributed by atoms with E-state index in [1.165, 1.54) is 0 Å². The number of halogens is 2. The third-order valence-corrected chi connectivity index (χ3v) is 4.07. The lowest BCUT2D eigenvalue weighted by Crippen LogP contribution is -2.25. The van der Waals surface area contributed by atoms with Crippen molar-refractivity contribution in [1.29, 1.82) is 0 Å². The van der Waals surface area contributed by atoms with Crippen molar-refractivity contribution in [3.63, 3.8) is 0 Å². The molecule has 0 saturated heterocycles. The Morgan fingerprint density at radius 3 is 2.21 bits per heavy atom. The van der Waals surface area contributed by atoms with Gasteiger partial charge in [0.05, 0.1) is 4.83 Å². The number of hydrogen-bond donors (Lipinski definition) is 1. The highest BCUT2D eigenvalue weighted by Crippen LogP contribution is 2.29. The van der Waals surface area contributed by atoms with Crippen LogP contribution in [0.25, 0.3) is 0 Å². The molecule has 4 heteroatoms. The molecule has 0 radical (unpaired) electrons. The van der Waals surface area contributed by atoms with Gasteiger partial charge in [-0.3, -0.25) is 4.79 Å².